The van der Waals surface area contributed by atoms with Crippen LogP contribution in [0.3, 0.4) is 0 Å². The SMILES string of the molecule is CC(=O)N1CCN(C(=O)Cc2ccccc2C(F)(F)F)[C@@H](C(=O)O)[C@@H]1CN1CCCC1. The number of alkyl halides is 3. The number of carboxylic acids is 1. The van der Waals surface area contributed by atoms with Gasteiger partial charge in [-0.1, -0.05) is 18.2 Å². The Hall–Kier alpha value is -2.62. The number of carbonyl (C=O) groups excluding carboxylic acids is 2. The zero-order chi connectivity index (χ0) is 22.8. The van der Waals surface area contributed by atoms with Crippen molar-refractivity contribution >= 4 is 17.8 Å². The van der Waals surface area contributed by atoms with Gasteiger partial charge in [-0.3, -0.25) is 9.59 Å². The molecule has 7 nitrogen and oxygen atoms in total. The van der Waals surface area contributed by atoms with Gasteiger partial charge in [0.25, 0.3) is 0 Å². The standard InChI is InChI=1S/C21H26F3N3O4/c1-14(28)26-10-11-27(19(20(30)31)17(26)13-25-8-4-5-9-25)18(29)12-15-6-2-3-7-16(15)21(22,23)24/h2-3,6-7,17,19H,4-5,8-13H2,1H3,(H,30,31)/t17-,19+/m0/s1. The van der Waals surface area contributed by atoms with E-state index in [1.165, 1.54) is 30.0 Å². The summed E-state index contributed by atoms with van der Waals surface area (Å²) in [5, 5.41) is 9.92. The first kappa shape index (κ1) is 23.1. The van der Waals surface area contributed by atoms with Gasteiger partial charge in [0.1, 0.15) is 0 Å². The molecule has 1 aromatic rings. The molecule has 3 rings (SSSR count). The van der Waals surface area contributed by atoms with Crippen LogP contribution in [0.5, 0.6) is 0 Å². The lowest BCUT2D eigenvalue weighted by Gasteiger charge is -2.46. The molecule has 0 spiro atoms. The van der Waals surface area contributed by atoms with Crippen molar-refractivity contribution < 1.29 is 32.7 Å². The maximum Gasteiger partial charge on any atom is 0.416 e. The average Bonchev–Trinajstić information content (AvgIpc) is 3.19. The van der Waals surface area contributed by atoms with E-state index in [9.17, 15) is 32.7 Å². The Morgan fingerprint density at radius 3 is 2.23 bits per heavy atom. The number of piperazine rings is 1. The number of nitrogens with zero attached hydrogens (tertiary/aromatic N) is 3. The summed E-state index contributed by atoms with van der Waals surface area (Å²) in [6, 6.07) is 2.71. The fourth-order valence-corrected chi connectivity index (χ4v) is 4.51. The fourth-order valence-electron chi connectivity index (χ4n) is 4.51. The summed E-state index contributed by atoms with van der Waals surface area (Å²) in [7, 11) is 0. The number of carboxylic acid groups (broad SMARTS) is 1. The molecule has 1 aromatic carbocycles. The fraction of sp³-hybridized carbons (Fsp3) is 0.571. The predicted molar refractivity (Wildman–Crippen MR) is 105 cm³/mol. The number of rotatable bonds is 5. The van der Waals surface area contributed by atoms with Crippen molar-refractivity contribution in [2.24, 2.45) is 0 Å². The van der Waals surface area contributed by atoms with Crippen LogP contribution < -0.4 is 0 Å². The monoisotopic (exact) mass is 441 g/mol. The molecule has 2 heterocycles. The molecule has 2 amide bonds. The minimum atomic E-state index is -4.62. The minimum absolute atomic E-state index is 0.0416. The van der Waals surface area contributed by atoms with Crippen LogP contribution in [-0.2, 0) is 27.0 Å². The molecular weight excluding hydrogens is 415 g/mol. The second-order valence-corrected chi connectivity index (χ2v) is 7.99. The summed E-state index contributed by atoms with van der Waals surface area (Å²) in [6.07, 6.45) is -3.23. The molecule has 10 heteroatoms. The van der Waals surface area contributed by atoms with Crippen LogP contribution in [0.4, 0.5) is 13.2 Å². The molecule has 0 saturated carbocycles. The number of aliphatic carboxylic acids is 1. The highest BCUT2D eigenvalue weighted by Crippen LogP contribution is 2.32. The maximum atomic E-state index is 13.3. The summed E-state index contributed by atoms with van der Waals surface area (Å²) in [4.78, 5) is 42.0. The third kappa shape index (κ3) is 5.17. The van der Waals surface area contributed by atoms with Gasteiger partial charge >= 0.3 is 12.1 Å². The highest BCUT2D eigenvalue weighted by Gasteiger charge is 2.45. The van der Waals surface area contributed by atoms with E-state index in [0.29, 0.717) is 6.54 Å². The molecule has 170 valence electrons. The van der Waals surface area contributed by atoms with Gasteiger partial charge in [-0.2, -0.15) is 13.2 Å². The summed E-state index contributed by atoms with van der Waals surface area (Å²) < 4.78 is 39.9. The van der Waals surface area contributed by atoms with Crippen molar-refractivity contribution in [2.75, 3.05) is 32.7 Å². The molecule has 0 aromatic heterocycles. The van der Waals surface area contributed by atoms with E-state index in [0.717, 1.165) is 36.9 Å². The van der Waals surface area contributed by atoms with Gasteiger partial charge in [0, 0.05) is 26.6 Å². The second-order valence-electron chi connectivity index (χ2n) is 7.99. The first-order chi connectivity index (χ1) is 14.6. The Labute approximate surface area is 178 Å². The van der Waals surface area contributed by atoms with Crippen LogP contribution in [0.1, 0.15) is 30.9 Å². The number of amides is 2. The normalized spacial score (nSPS) is 22.6. The Bertz CT molecular complexity index is 839. The quantitative estimate of drug-likeness (QED) is 0.755. The number of hydrogen-bond donors (Lipinski definition) is 1. The van der Waals surface area contributed by atoms with E-state index < -0.39 is 42.1 Å². The molecule has 0 aliphatic carbocycles. The lowest BCUT2D eigenvalue weighted by atomic mass is 9.97. The molecule has 0 radical (unpaired) electrons. The number of carbonyl (C=O) groups is 3. The number of benzene rings is 1. The van der Waals surface area contributed by atoms with Crippen molar-refractivity contribution in [1.29, 1.82) is 0 Å². The lowest BCUT2D eigenvalue weighted by molar-refractivity contribution is -0.161. The molecule has 2 aliphatic rings. The first-order valence-electron chi connectivity index (χ1n) is 10.3. The molecule has 1 N–H and O–H groups in total. The van der Waals surface area contributed by atoms with Crippen molar-refractivity contribution in [3.63, 3.8) is 0 Å². The smallest absolute Gasteiger partial charge is 0.416 e. The predicted octanol–water partition coefficient (Wildman–Crippen LogP) is 1.86. The number of halogens is 3. The molecule has 2 fully saturated rings. The highest BCUT2D eigenvalue weighted by molar-refractivity contribution is 5.87. The van der Waals surface area contributed by atoms with Crippen molar-refractivity contribution in [2.45, 2.75) is 44.4 Å². The molecule has 2 atom stereocenters. The van der Waals surface area contributed by atoms with Crippen molar-refractivity contribution in [3.8, 4) is 0 Å². The van der Waals surface area contributed by atoms with E-state index in [1.54, 1.807) is 0 Å². The zero-order valence-electron chi connectivity index (χ0n) is 17.3. The summed E-state index contributed by atoms with van der Waals surface area (Å²) in [5.74, 6) is -2.25. The number of likely N-dealkylation sites (tertiary alicyclic amines) is 1. The van der Waals surface area contributed by atoms with E-state index in [4.69, 9.17) is 0 Å². The Morgan fingerprint density at radius 2 is 1.65 bits per heavy atom. The van der Waals surface area contributed by atoms with E-state index >= 15 is 0 Å². The van der Waals surface area contributed by atoms with Crippen LogP contribution in [0.15, 0.2) is 24.3 Å². The first-order valence-corrected chi connectivity index (χ1v) is 10.3. The van der Waals surface area contributed by atoms with E-state index in [-0.39, 0.29) is 24.6 Å². The summed E-state index contributed by atoms with van der Waals surface area (Å²) in [5.41, 5.74) is -1.11. The van der Waals surface area contributed by atoms with Crippen molar-refractivity contribution in [1.82, 2.24) is 14.7 Å². The van der Waals surface area contributed by atoms with Gasteiger partial charge in [-0.25, -0.2) is 4.79 Å². The van der Waals surface area contributed by atoms with Gasteiger partial charge < -0.3 is 19.8 Å². The van der Waals surface area contributed by atoms with Gasteiger partial charge in [0.15, 0.2) is 6.04 Å². The van der Waals surface area contributed by atoms with Crippen molar-refractivity contribution in [3.05, 3.63) is 35.4 Å². The van der Waals surface area contributed by atoms with Gasteiger partial charge in [-0.15, -0.1) is 0 Å². The molecular formula is C21H26F3N3O4. The van der Waals surface area contributed by atoms with Gasteiger partial charge in [0.05, 0.1) is 18.0 Å². The topological polar surface area (TPSA) is 81.2 Å². The van der Waals surface area contributed by atoms with Crippen LogP contribution in [0.25, 0.3) is 0 Å². The summed E-state index contributed by atoms with van der Waals surface area (Å²) in [6.45, 7) is 3.32. The lowest BCUT2D eigenvalue weighted by Crippen LogP contribution is -2.67. The van der Waals surface area contributed by atoms with Crippen LogP contribution in [-0.4, -0.2) is 82.4 Å². The van der Waals surface area contributed by atoms with Crippen LogP contribution in [0, 0.1) is 0 Å². The average molecular weight is 441 g/mol. The van der Waals surface area contributed by atoms with Crippen LogP contribution in [0.2, 0.25) is 0 Å². The summed E-state index contributed by atoms with van der Waals surface area (Å²) >= 11 is 0. The largest absolute Gasteiger partial charge is 0.480 e. The van der Waals surface area contributed by atoms with E-state index in [1.807, 2.05) is 0 Å². The Morgan fingerprint density at radius 1 is 1.03 bits per heavy atom. The highest BCUT2D eigenvalue weighted by atomic mass is 19.4. The third-order valence-corrected chi connectivity index (χ3v) is 5.97. The van der Waals surface area contributed by atoms with Gasteiger partial charge in [-0.05, 0) is 37.6 Å². The molecule has 2 saturated heterocycles. The van der Waals surface area contributed by atoms with Gasteiger partial charge in [0.2, 0.25) is 11.8 Å². The zero-order valence-corrected chi connectivity index (χ0v) is 17.3. The molecule has 31 heavy (non-hydrogen) atoms. The van der Waals surface area contributed by atoms with E-state index in [2.05, 4.69) is 4.90 Å². The molecule has 0 bridgehead atoms. The second kappa shape index (κ2) is 9.25. The minimum Gasteiger partial charge on any atom is -0.480 e. The Kier molecular flexibility index (Phi) is 6.88. The maximum absolute atomic E-state index is 13.3. The molecule has 0 unspecified atom stereocenters. The van der Waals surface area contributed by atoms with Crippen LogP contribution >= 0.6 is 0 Å². The number of hydrogen-bond acceptors (Lipinski definition) is 4. The Balaban J connectivity index is 1.86. The molecule has 2 aliphatic heterocycles. The third-order valence-electron chi connectivity index (χ3n) is 5.97.